The number of nitrogens with zero attached hydrogens (tertiary/aromatic N) is 2. The molecule has 2 rings (SSSR count). The van der Waals surface area contributed by atoms with Gasteiger partial charge in [0.15, 0.2) is 0 Å². The van der Waals surface area contributed by atoms with E-state index in [-0.39, 0.29) is 56.9 Å². The molecule has 0 N–H and O–H groups in total. The van der Waals surface area contributed by atoms with Crippen molar-refractivity contribution in [1.29, 1.82) is 0 Å². The van der Waals surface area contributed by atoms with E-state index in [1.807, 2.05) is 0 Å². The number of piperidine rings is 1. The van der Waals surface area contributed by atoms with Crippen LogP contribution in [-0.4, -0.2) is 24.0 Å². The fraction of sp³-hybridized carbons (Fsp3) is 0.455. The monoisotopic (exact) mass is 244 g/mol. The molecule has 1 aliphatic rings. The molecule has 16 heavy (non-hydrogen) atoms. The average molecular weight is 244 g/mol. The van der Waals surface area contributed by atoms with Crippen LogP contribution in [0.15, 0.2) is 18.5 Å². The van der Waals surface area contributed by atoms with E-state index in [2.05, 4.69) is 9.88 Å². The van der Waals surface area contributed by atoms with Crippen molar-refractivity contribution < 1.29 is 61.3 Å². The maximum Gasteiger partial charge on any atom is 1.00 e. The van der Waals surface area contributed by atoms with Crippen LogP contribution in [-0.2, 0) is 0 Å². The zero-order valence-electron chi connectivity index (χ0n) is 9.48. The summed E-state index contributed by atoms with van der Waals surface area (Å²) in [4.78, 5) is 16.8. The van der Waals surface area contributed by atoms with Crippen molar-refractivity contribution in [1.82, 2.24) is 4.98 Å². The minimum atomic E-state index is -1.15. The Kier molecular flexibility index (Phi) is 5.92. The minimum absolute atomic E-state index is 0. The van der Waals surface area contributed by atoms with E-state index in [1.54, 1.807) is 12.3 Å². The molecule has 0 aliphatic carbocycles. The van der Waals surface area contributed by atoms with E-state index >= 15 is 0 Å². The Labute approximate surface area is 137 Å². The maximum atomic E-state index is 10.9. The summed E-state index contributed by atoms with van der Waals surface area (Å²) in [5.74, 6) is -1.15. The van der Waals surface area contributed by atoms with Crippen LogP contribution in [0.25, 0.3) is 0 Å². The van der Waals surface area contributed by atoms with Gasteiger partial charge in [-0.2, -0.15) is 0 Å². The van der Waals surface area contributed by atoms with Crippen LogP contribution >= 0.6 is 0 Å². The molecule has 1 fully saturated rings. The third kappa shape index (κ3) is 3.27. The summed E-state index contributed by atoms with van der Waals surface area (Å²) in [5.41, 5.74) is 0.934. The fourth-order valence-electron chi connectivity index (χ4n) is 1.95. The molecule has 1 aromatic heterocycles. The van der Waals surface area contributed by atoms with Gasteiger partial charge in [-0.3, -0.25) is 4.98 Å². The van der Waals surface area contributed by atoms with Crippen LogP contribution in [0.1, 0.15) is 29.6 Å². The average Bonchev–Trinajstić information content (AvgIpc) is 2.30. The molecule has 1 aromatic rings. The number of hydrogen-bond acceptors (Lipinski definition) is 4. The van der Waals surface area contributed by atoms with Gasteiger partial charge < -0.3 is 14.8 Å². The van der Waals surface area contributed by atoms with Gasteiger partial charge in [0.1, 0.15) is 0 Å². The Morgan fingerprint density at radius 3 is 2.62 bits per heavy atom. The number of rotatable bonds is 2. The second-order valence-electron chi connectivity index (χ2n) is 3.73. The van der Waals surface area contributed by atoms with E-state index in [4.69, 9.17) is 0 Å². The Bertz CT molecular complexity index is 365. The molecule has 0 atom stereocenters. The van der Waals surface area contributed by atoms with E-state index in [0.717, 1.165) is 31.6 Å². The van der Waals surface area contributed by atoms with Crippen molar-refractivity contribution in [3.63, 3.8) is 0 Å². The summed E-state index contributed by atoms with van der Waals surface area (Å²) in [6, 6.07) is 1.75. The molecule has 0 aromatic carbocycles. The summed E-state index contributed by atoms with van der Waals surface area (Å²) in [6.45, 7) is 1.84. The van der Waals surface area contributed by atoms with Crippen LogP contribution in [0.5, 0.6) is 0 Å². The van der Waals surface area contributed by atoms with Crippen molar-refractivity contribution in [2.24, 2.45) is 0 Å². The maximum absolute atomic E-state index is 10.9. The molecular formula is C11H13KN2O2. The Balaban J connectivity index is 0.00000128. The molecule has 5 heteroatoms. The van der Waals surface area contributed by atoms with Gasteiger partial charge in [0.25, 0.3) is 0 Å². The minimum Gasteiger partial charge on any atom is -0.545 e. The van der Waals surface area contributed by atoms with E-state index in [0.29, 0.717) is 0 Å². The summed E-state index contributed by atoms with van der Waals surface area (Å²) in [6.07, 6.45) is 6.45. The summed E-state index contributed by atoms with van der Waals surface area (Å²) in [7, 11) is 0. The molecule has 0 radical (unpaired) electrons. The summed E-state index contributed by atoms with van der Waals surface area (Å²) < 4.78 is 0. The number of anilines is 1. The fourth-order valence-corrected chi connectivity index (χ4v) is 1.95. The Morgan fingerprint density at radius 2 is 2.00 bits per heavy atom. The third-order valence-electron chi connectivity index (χ3n) is 2.71. The molecule has 0 unspecified atom stereocenters. The number of pyridine rings is 1. The number of carboxylic acid groups (broad SMARTS) is 1. The van der Waals surface area contributed by atoms with Gasteiger partial charge in [-0.15, -0.1) is 0 Å². The molecule has 0 saturated carbocycles. The van der Waals surface area contributed by atoms with Gasteiger partial charge >= 0.3 is 51.4 Å². The van der Waals surface area contributed by atoms with Crippen molar-refractivity contribution >= 4 is 11.7 Å². The number of carboxylic acids is 1. The largest absolute Gasteiger partial charge is 1.00 e. The van der Waals surface area contributed by atoms with E-state index < -0.39 is 5.97 Å². The molecule has 1 aliphatic heterocycles. The number of hydrogen-bond donors (Lipinski definition) is 0. The number of aromatic nitrogens is 1. The molecule has 0 amide bonds. The predicted molar refractivity (Wildman–Crippen MR) is 54.6 cm³/mol. The Morgan fingerprint density at radius 1 is 1.31 bits per heavy atom. The predicted octanol–water partition coefficient (Wildman–Crippen LogP) is -2.56. The number of carbonyl (C=O) groups excluding carboxylic acids is 1. The zero-order valence-corrected chi connectivity index (χ0v) is 12.6. The van der Waals surface area contributed by atoms with Crippen LogP contribution in [0.2, 0.25) is 0 Å². The van der Waals surface area contributed by atoms with Gasteiger partial charge in [-0.25, -0.2) is 0 Å². The Hall–Kier alpha value is 0.0564. The van der Waals surface area contributed by atoms with Gasteiger partial charge in [-0.1, -0.05) is 0 Å². The SMILES string of the molecule is O=C([O-])c1cnccc1N1CCCCC1.[K+]. The van der Waals surface area contributed by atoms with Crippen LogP contribution < -0.4 is 61.4 Å². The number of carbonyl (C=O) groups is 1. The topological polar surface area (TPSA) is 56.3 Å². The van der Waals surface area contributed by atoms with Gasteiger partial charge in [0, 0.05) is 36.7 Å². The quantitative estimate of drug-likeness (QED) is 0.537. The summed E-state index contributed by atoms with van der Waals surface area (Å²) in [5, 5.41) is 10.9. The van der Waals surface area contributed by atoms with Crippen molar-refractivity contribution in [2.75, 3.05) is 18.0 Å². The standard InChI is InChI=1S/C11H14N2O2.K/c14-11(15)9-8-12-5-4-10(9)13-6-2-1-3-7-13;/h4-5,8H,1-3,6-7H2,(H,14,15);/q;+1/p-1. The van der Waals surface area contributed by atoms with Crippen molar-refractivity contribution in [3.05, 3.63) is 24.0 Å². The normalized spacial score (nSPS) is 15.4. The van der Waals surface area contributed by atoms with E-state index in [1.165, 1.54) is 12.6 Å². The second-order valence-corrected chi connectivity index (χ2v) is 3.73. The first-order valence-electron chi connectivity index (χ1n) is 5.19. The van der Waals surface area contributed by atoms with Gasteiger partial charge in [-0.05, 0) is 25.3 Å². The van der Waals surface area contributed by atoms with Crippen molar-refractivity contribution in [2.45, 2.75) is 19.3 Å². The van der Waals surface area contributed by atoms with Crippen molar-refractivity contribution in [3.8, 4) is 0 Å². The first-order valence-corrected chi connectivity index (χ1v) is 5.19. The molecule has 0 bridgehead atoms. The number of aromatic carboxylic acids is 1. The first kappa shape index (κ1) is 14.1. The first-order chi connectivity index (χ1) is 7.29. The van der Waals surface area contributed by atoms with Crippen LogP contribution in [0.3, 0.4) is 0 Å². The molecule has 0 spiro atoms. The smallest absolute Gasteiger partial charge is 0.545 e. The van der Waals surface area contributed by atoms with Gasteiger partial charge in [0.05, 0.1) is 5.97 Å². The van der Waals surface area contributed by atoms with Gasteiger partial charge in [0.2, 0.25) is 0 Å². The molecule has 1 saturated heterocycles. The van der Waals surface area contributed by atoms with E-state index in [9.17, 15) is 9.90 Å². The molecular weight excluding hydrogens is 231 g/mol. The van der Waals surface area contributed by atoms with Crippen LogP contribution in [0, 0.1) is 0 Å². The molecule has 4 nitrogen and oxygen atoms in total. The summed E-state index contributed by atoms with van der Waals surface area (Å²) >= 11 is 0. The second kappa shape index (κ2) is 6.71. The third-order valence-corrected chi connectivity index (χ3v) is 2.71. The molecule has 80 valence electrons. The van der Waals surface area contributed by atoms with Crippen LogP contribution in [0.4, 0.5) is 5.69 Å². The molecule has 2 heterocycles. The zero-order chi connectivity index (χ0) is 10.7.